The van der Waals surface area contributed by atoms with Crippen LogP contribution in [-0.4, -0.2) is 37.9 Å². The second-order valence-corrected chi connectivity index (χ2v) is 6.61. The number of nitrogens with zero attached hydrogens (tertiary/aromatic N) is 2. The van der Waals surface area contributed by atoms with Gasteiger partial charge in [-0.25, -0.2) is 0 Å². The summed E-state index contributed by atoms with van der Waals surface area (Å²) in [5, 5.41) is 6.88. The number of unbranched alkanes of at least 4 members (excludes halogenated alkanes) is 7. The second kappa shape index (κ2) is 10.6. The Morgan fingerprint density at radius 1 is 0.864 bits per heavy atom. The highest BCUT2D eigenvalue weighted by molar-refractivity contribution is 5.92. The van der Waals surface area contributed by atoms with Crippen molar-refractivity contribution in [2.75, 3.05) is 26.2 Å². The van der Waals surface area contributed by atoms with Gasteiger partial charge in [0.05, 0.1) is 24.8 Å². The quantitative estimate of drug-likeness (QED) is 0.542. The Morgan fingerprint density at radius 2 is 1.55 bits per heavy atom. The molecule has 0 spiro atoms. The molecule has 0 amide bonds. The monoisotopic (exact) mass is 306 g/mol. The van der Waals surface area contributed by atoms with Gasteiger partial charge in [-0.3, -0.25) is 9.98 Å². The Morgan fingerprint density at radius 3 is 2.18 bits per heavy atom. The van der Waals surface area contributed by atoms with Crippen molar-refractivity contribution < 1.29 is 0 Å². The summed E-state index contributed by atoms with van der Waals surface area (Å²) < 4.78 is 0. The van der Waals surface area contributed by atoms with Crippen molar-refractivity contribution in [3.05, 3.63) is 0 Å². The van der Waals surface area contributed by atoms with Gasteiger partial charge in [0.2, 0.25) is 0 Å². The molecule has 2 aliphatic heterocycles. The smallest absolute Gasteiger partial charge is 0.1000 e. The van der Waals surface area contributed by atoms with Crippen LogP contribution in [0.25, 0.3) is 0 Å². The largest absolute Gasteiger partial charge is 0.372 e. The zero-order valence-electron chi connectivity index (χ0n) is 14.4. The molecular formula is C18H34N4. The summed E-state index contributed by atoms with van der Waals surface area (Å²) in [6, 6.07) is 0. The van der Waals surface area contributed by atoms with E-state index in [1.165, 1.54) is 69.5 Å². The molecule has 0 radical (unpaired) electrons. The van der Waals surface area contributed by atoms with Crippen molar-refractivity contribution in [1.82, 2.24) is 10.6 Å². The fraction of sp³-hybridized carbons (Fsp3) is 0.889. The van der Waals surface area contributed by atoms with Crippen LogP contribution in [0.2, 0.25) is 0 Å². The van der Waals surface area contributed by atoms with Gasteiger partial charge >= 0.3 is 0 Å². The first-order chi connectivity index (χ1) is 10.9. The van der Waals surface area contributed by atoms with Crippen LogP contribution in [-0.2, 0) is 0 Å². The van der Waals surface area contributed by atoms with Gasteiger partial charge in [-0.15, -0.1) is 0 Å². The number of amidine groups is 2. The molecule has 22 heavy (non-hydrogen) atoms. The normalized spacial score (nSPS) is 18.6. The molecule has 1 atom stereocenters. The van der Waals surface area contributed by atoms with Crippen molar-refractivity contribution in [2.45, 2.75) is 71.1 Å². The topological polar surface area (TPSA) is 48.8 Å². The van der Waals surface area contributed by atoms with Crippen LogP contribution >= 0.6 is 0 Å². The van der Waals surface area contributed by atoms with Crippen LogP contribution in [0, 0.1) is 5.92 Å². The lowest BCUT2D eigenvalue weighted by Crippen LogP contribution is -2.31. The van der Waals surface area contributed by atoms with Crippen LogP contribution in [0.5, 0.6) is 0 Å². The van der Waals surface area contributed by atoms with Gasteiger partial charge < -0.3 is 10.6 Å². The summed E-state index contributed by atoms with van der Waals surface area (Å²) in [7, 11) is 0. The Kier molecular flexibility index (Phi) is 8.36. The second-order valence-electron chi connectivity index (χ2n) is 6.61. The Hall–Kier alpha value is -1.06. The van der Waals surface area contributed by atoms with Gasteiger partial charge in [0.1, 0.15) is 0 Å². The van der Waals surface area contributed by atoms with Gasteiger partial charge in [-0.1, -0.05) is 58.3 Å². The predicted molar refractivity (Wildman–Crippen MR) is 95.9 cm³/mol. The molecule has 0 aromatic heterocycles. The van der Waals surface area contributed by atoms with Gasteiger partial charge in [-0.05, 0) is 6.42 Å². The van der Waals surface area contributed by atoms with Crippen LogP contribution in [0.1, 0.15) is 71.1 Å². The Labute approximate surface area is 136 Å². The van der Waals surface area contributed by atoms with Crippen molar-refractivity contribution in [3.8, 4) is 0 Å². The molecular weight excluding hydrogens is 272 g/mol. The minimum Gasteiger partial charge on any atom is -0.372 e. The number of hydrogen-bond acceptors (Lipinski definition) is 4. The molecule has 2 aliphatic rings. The lowest BCUT2D eigenvalue weighted by molar-refractivity contribution is 0.529. The highest BCUT2D eigenvalue weighted by Gasteiger charge is 2.21. The molecule has 4 heteroatoms. The summed E-state index contributed by atoms with van der Waals surface area (Å²) in [6.07, 6.45) is 13.4. The Balaban J connectivity index is 1.62. The summed E-state index contributed by atoms with van der Waals surface area (Å²) in [6.45, 7) is 6.20. The number of nitrogens with one attached hydrogen (secondary N) is 2. The maximum atomic E-state index is 4.65. The molecule has 2 heterocycles. The molecule has 2 rings (SSSR count). The maximum absolute atomic E-state index is 4.65. The molecule has 0 bridgehead atoms. The molecule has 0 saturated carbocycles. The van der Waals surface area contributed by atoms with Crippen molar-refractivity contribution >= 4 is 11.7 Å². The van der Waals surface area contributed by atoms with E-state index in [0.29, 0.717) is 5.92 Å². The third-order valence-electron chi connectivity index (χ3n) is 4.68. The SMILES string of the molecule is CCCCCCCCCCC(CC1=NCCN1)C1=NCCN1. The van der Waals surface area contributed by atoms with Crippen molar-refractivity contribution in [3.63, 3.8) is 0 Å². The molecule has 0 aromatic carbocycles. The fourth-order valence-electron chi connectivity index (χ4n) is 3.37. The zero-order valence-corrected chi connectivity index (χ0v) is 14.4. The third kappa shape index (κ3) is 6.37. The standard InChI is InChI=1S/C18H34N4/c1-2-3-4-5-6-7-8-9-10-16(18-21-13-14-22-18)15-17-19-11-12-20-17/h16H,2-15H2,1H3,(H,19,20)(H,21,22). The van der Waals surface area contributed by atoms with Crippen LogP contribution < -0.4 is 10.6 Å². The summed E-state index contributed by atoms with van der Waals surface area (Å²) in [5.41, 5.74) is 0. The van der Waals surface area contributed by atoms with E-state index < -0.39 is 0 Å². The minimum absolute atomic E-state index is 0.548. The summed E-state index contributed by atoms with van der Waals surface area (Å²) in [4.78, 5) is 9.21. The van der Waals surface area contributed by atoms with E-state index in [0.717, 1.165) is 32.6 Å². The van der Waals surface area contributed by atoms with Crippen LogP contribution in [0.15, 0.2) is 9.98 Å². The van der Waals surface area contributed by atoms with Crippen molar-refractivity contribution in [2.24, 2.45) is 15.9 Å². The van der Waals surface area contributed by atoms with Gasteiger partial charge in [-0.2, -0.15) is 0 Å². The van der Waals surface area contributed by atoms with E-state index in [4.69, 9.17) is 0 Å². The molecule has 0 aliphatic carbocycles. The Bertz CT molecular complexity index is 362. The molecule has 4 nitrogen and oxygen atoms in total. The summed E-state index contributed by atoms with van der Waals surface area (Å²) >= 11 is 0. The number of aliphatic imine (C=N–C) groups is 2. The van der Waals surface area contributed by atoms with Crippen LogP contribution in [0.3, 0.4) is 0 Å². The zero-order chi connectivity index (χ0) is 15.5. The van der Waals surface area contributed by atoms with E-state index in [9.17, 15) is 0 Å². The molecule has 0 saturated heterocycles. The average Bonchev–Trinajstić information content (AvgIpc) is 3.21. The number of hydrogen-bond donors (Lipinski definition) is 2. The lowest BCUT2D eigenvalue weighted by Gasteiger charge is -2.17. The van der Waals surface area contributed by atoms with E-state index >= 15 is 0 Å². The first-order valence-electron chi connectivity index (χ1n) is 9.45. The fourth-order valence-corrected chi connectivity index (χ4v) is 3.37. The lowest BCUT2D eigenvalue weighted by atomic mass is 9.95. The molecule has 126 valence electrons. The van der Waals surface area contributed by atoms with Crippen molar-refractivity contribution in [1.29, 1.82) is 0 Å². The van der Waals surface area contributed by atoms with E-state index in [1.807, 2.05) is 0 Å². The van der Waals surface area contributed by atoms with E-state index in [-0.39, 0.29) is 0 Å². The minimum atomic E-state index is 0.548. The summed E-state index contributed by atoms with van der Waals surface area (Å²) in [5.74, 6) is 2.98. The third-order valence-corrected chi connectivity index (χ3v) is 4.68. The number of rotatable bonds is 12. The van der Waals surface area contributed by atoms with Gasteiger partial charge in [0.15, 0.2) is 0 Å². The van der Waals surface area contributed by atoms with Gasteiger partial charge in [0.25, 0.3) is 0 Å². The average molecular weight is 306 g/mol. The highest BCUT2D eigenvalue weighted by atomic mass is 15.1. The molecule has 0 fully saturated rings. The van der Waals surface area contributed by atoms with E-state index in [1.54, 1.807) is 0 Å². The molecule has 1 unspecified atom stereocenters. The van der Waals surface area contributed by atoms with Crippen LogP contribution in [0.4, 0.5) is 0 Å². The highest BCUT2D eigenvalue weighted by Crippen LogP contribution is 2.19. The predicted octanol–water partition coefficient (Wildman–Crippen LogP) is 3.53. The first kappa shape index (κ1) is 17.3. The maximum Gasteiger partial charge on any atom is 0.1000 e. The first-order valence-corrected chi connectivity index (χ1v) is 9.45. The van der Waals surface area contributed by atoms with E-state index in [2.05, 4.69) is 27.5 Å². The molecule has 2 N–H and O–H groups in total. The molecule has 0 aromatic rings. The van der Waals surface area contributed by atoms with Gasteiger partial charge in [0, 0.05) is 25.4 Å².